The molecule has 0 aliphatic carbocycles. The molecule has 18 aromatic carbocycles. The Bertz CT molecular complexity index is 6580. The molecular formula is C108H76N4. The zero-order chi connectivity index (χ0) is 74.5. The average Bonchev–Trinajstić information content (AvgIpc) is 1.61. The summed E-state index contributed by atoms with van der Waals surface area (Å²) >= 11 is 0. The van der Waals surface area contributed by atoms with Crippen molar-refractivity contribution in [2.75, 3.05) is 9.80 Å². The van der Waals surface area contributed by atoms with Crippen molar-refractivity contribution >= 4 is 77.7 Å². The highest BCUT2D eigenvalue weighted by Gasteiger charge is 2.20. The number of hydrogen-bond acceptors (Lipinski definition) is 2. The molecule has 0 aliphatic rings. The number of rotatable bonds is 16. The fourth-order valence-corrected chi connectivity index (χ4v) is 16.1. The number of nitrogens with zero attached hydrogens (tertiary/aromatic N) is 4. The van der Waals surface area contributed by atoms with Gasteiger partial charge < -0.3 is 18.9 Å². The third-order valence-corrected chi connectivity index (χ3v) is 21.6. The highest BCUT2D eigenvalue weighted by atomic mass is 15.1. The molecule has 4 nitrogen and oxygen atoms in total. The lowest BCUT2D eigenvalue weighted by Gasteiger charge is -2.26. The number of benzene rings is 18. The maximum Gasteiger partial charge on any atom is 0.0541 e. The zero-order valence-corrected chi connectivity index (χ0v) is 61.7. The van der Waals surface area contributed by atoms with Gasteiger partial charge in [-0.15, -0.1) is 0 Å². The van der Waals surface area contributed by atoms with Crippen LogP contribution < -0.4 is 9.80 Å². The third kappa shape index (κ3) is 13.6. The van der Waals surface area contributed by atoms with Gasteiger partial charge in [0.1, 0.15) is 0 Å². The first-order valence-electron chi connectivity index (χ1n) is 38.3. The summed E-state index contributed by atoms with van der Waals surface area (Å²) in [6.45, 7) is 0. The lowest BCUT2D eigenvalue weighted by atomic mass is 9.98. The van der Waals surface area contributed by atoms with Crippen molar-refractivity contribution in [3.63, 3.8) is 0 Å². The van der Waals surface area contributed by atoms with E-state index in [1.807, 2.05) is 0 Å². The summed E-state index contributed by atoms with van der Waals surface area (Å²) < 4.78 is 4.76. The van der Waals surface area contributed by atoms with Crippen molar-refractivity contribution in [2.24, 2.45) is 0 Å². The van der Waals surface area contributed by atoms with Crippen LogP contribution in [-0.4, -0.2) is 9.13 Å². The maximum absolute atomic E-state index is 2.38. The SMILES string of the molecule is c1ccc(-c2ccc(-c3ccc(N(c4ccc(-c5cccc(-n6c7ccccc7c7ccccc76)c5)cc4)c4cccc(-c5ccccc5)c4)cc3)cc2)cc1.c1ccc(-c2cccc(-c3ccc(N(c4ccc(-c5cccc(-n6c7ccccc7c7ccccc76)c5)cc4)c4cccc(-c5ccccc5)c4)cc3)c2)cc1. The predicted octanol–water partition coefficient (Wildman–Crippen LogP) is 29.8. The van der Waals surface area contributed by atoms with Gasteiger partial charge in [-0.2, -0.15) is 0 Å². The Hall–Kier alpha value is -14.8. The molecule has 4 heteroatoms. The molecule has 0 fully saturated rings. The van der Waals surface area contributed by atoms with Crippen LogP contribution in [0.1, 0.15) is 0 Å². The van der Waals surface area contributed by atoms with Gasteiger partial charge in [-0.25, -0.2) is 0 Å². The Morgan fingerprint density at radius 2 is 0.321 bits per heavy atom. The number of para-hydroxylation sites is 4. The molecule has 528 valence electrons. The van der Waals surface area contributed by atoms with E-state index in [0.29, 0.717) is 0 Å². The molecule has 20 aromatic rings. The fraction of sp³-hybridized carbons (Fsp3) is 0. The van der Waals surface area contributed by atoms with E-state index in [-0.39, 0.29) is 0 Å². The number of anilines is 6. The summed E-state index contributed by atoms with van der Waals surface area (Å²) in [5.74, 6) is 0. The van der Waals surface area contributed by atoms with Crippen molar-refractivity contribution < 1.29 is 0 Å². The summed E-state index contributed by atoms with van der Waals surface area (Å²) in [6.07, 6.45) is 0. The van der Waals surface area contributed by atoms with Crippen LogP contribution in [0.2, 0.25) is 0 Å². The molecule has 112 heavy (non-hydrogen) atoms. The van der Waals surface area contributed by atoms with Crippen LogP contribution in [0.15, 0.2) is 461 Å². The minimum absolute atomic E-state index is 1.09. The maximum atomic E-state index is 2.38. The second-order valence-corrected chi connectivity index (χ2v) is 28.4. The van der Waals surface area contributed by atoms with Gasteiger partial charge in [0.25, 0.3) is 0 Å². The van der Waals surface area contributed by atoms with Crippen molar-refractivity contribution in [3.05, 3.63) is 461 Å². The first-order valence-corrected chi connectivity index (χ1v) is 38.3. The van der Waals surface area contributed by atoms with E-state index in [4.69, 9.17) is 0 Å². The van der Waals surface area contributed by atoms with E-state index in [0.717, 1.165) is 45.5 Å². The molecule has 2 aromatic heterocycles. The van der Waals surface area contributed by atoms with E-state index in [2.05, 4.69) is 480 Å². The van der Waals surface area contributed by atoms with Crippen LogP contribution in [0.5, 0.6) is 0 Å². The van der Waals surface area contributed by atoms with E-state index >= 15 is 0 Å². The lowest BCUT2D eigenvalue weighted by molar-refractivity contribution is 1.18. The first-order chi connectivity index (χ1) is 55.5. The Labute approximate surface area is 653 Å². The second-order valence-electron chi connectivity index (χ2n) is 28.4. The lowest BCUT2D eigenvalue weighted by Crippen LogP contribution is -2.10. The van der Waals surface area contributed by atoms with Crippen molar-refractivity contribution in [1.29, 1.82) is 0 Å². The zero-order valence-electron chi connectivity index (χ0n) is 61.7. The third-order valence-electron chi connectivity index (χ3n) is 21.6. The Morgan fingerprint density at radius 1 is 0.125 bits per heavy atom. The van der Waals surface area contributed by atoms with Gasteiger partial charge in [-0.05, 0) is 216 Å². The van der Waals surface area contributed by atoms with Gasteiger partial charge in [-0.3, -0.25) is 0 Å². The Balaban J connectivity index is 0.000000151. The Kier molecular flexibility index (Phi) is 18.4. The molecular weight excluding hydrogens is 1350 g/mol. The van der Waals surface area contributed by atoms with Gasteiger partial charge in [0, 0.05) is 67.0 Å². The number of fused-ring (bicyclic) bond motifs is 6. The predicted molar refractivity (Wildman–Crippen MR) is 474 cm³/mol. The van der Waals surface area contributed by atoms with Gasteiger partial charge in [0.15, 0.2) is 0 Å². The molecule has 0 unspecified atom stereocenters. The van der Waals surface area contributed by atoms with Crippen LogP contribution in [-0.2, 0) is 0 Å². The summed E-state index contributed by atoms with van der Waals surface area (Å²) in [5, 5.41) is 5.07. The monoisotopic (exact) mass is 1430 g/mol. The molecule has 0 bridgehead atoms. The van der Waals surface area contributed by atoms with Gasteiger partial charge >= 0.3 is 0 Å². The van der Waals surface area contributed by atoms with Crippen LogP contribution in [0, 0.1) is 0 Å². The second kappa shape index (κ2) is 30.4. The molecule has 0 saturated heterocycles. The largest absolute Gasteiger partial charge is 0.310 e. The molecule has 0 N–H and O–H groups in total. The quantitative estimate of drug-likeness (QED) is 0.0959. The fourth-order valence-electron chi connectivity index (χ4n) is 16.1. The van der Waals surface area contributed by atoms with E-state index in [1.165, 1.54) is 133 Å². The molecule has 0 atom stereocenters. The Morgan fingerprint density at radius 3 is 0.616 bits per heavy atom. The topological polar surface area (TPSA) is 16.3 Å². The van der Waals surface area contributed by atoms with Crippen molar-refractivity contribution in [2.45, 2.75) is 0 Å². The van der Waals surface area contributed by atoms with Crippen molar-refractivity contribution in [3.8, 4) is 100 Å². The molecule has 0 aliphatic heterocycles. The number of hydrogen-bond donors (Lipinski definition) is 0. The van der Waals surface area contributed by atoms with Crippen LogP contribution in [0.4, 0.5) is 34.1 Å². The van der Waals surface area contributed by atoms with Gasteiger partial charge in [0.2, 0.25) is 0 Å². The van der Waals surface area contributed by atoms with Crippen LogP contribution in [0.3, 0.4) is 0 Å². The van der Waals surface area contributed by atoms with E-state index in [9.17, 15) is 0 Å². The summed E-state index contributed by atoms with van der Waals surface area (Å²) in [6, 6.07) is 166. The molecule has 0 amide bonds. The van der Waals surface area contributed by atoms with Crippen molar-refractivity contribution in [1.82, 2.24) is 9.13 Å². The molecule has 20 rings (SSSR count). The van der Waals surface area contributed by atoms with Gasteiger partial charge in [0.05, 0.1) is 22.1 Å². The summed E-state index contributed by atoms with van der Waals surface area (Å²) in [4.78, 5) is 4.71. The summed E-state index contributed by atoms with van der Waals surface area (Å²) in [7, 11) is 0. The van der Waals surface area contributed by atoms with Crippen LogP contribution >= 0.6 is 0 Å². The minimum Gasteiger partial charge on any atom is -0.310 e. The normalized spacial score (nSPS) is 11.2. The molecule has 2 heterocycles. The van der Waals surface area contributed by atoms with E-state index in [1.54, 1.807) is 0 Å². The summed E-state index contributed by atoms with van der Waals surface area (Å²) in [5.41, 5.74) is 32.8. The molecule has 0 spiro atoms. The minimum atomic E-state index is 1.09. The standard InChI is InChI=1S/2C54H38N2/c1-3-14-39(15-4-1)43-18-11-19-44(36-43)41-28-32-47(33-29-41)55(49-22-12-20-45(37-49)40-16-5-2-6-17-40)48-34-30-42(31-35-48)46-21-13-23-50(38-46)56-53-26-9-7-24-51(53)52-25-8-10-27-54(52)56;1-3-13-39(14-4-1)41-25-27-42(28-26-41)43-29-33-47(34-30-43)55(49-19-11-17-45(37-49)40-15-5-2-6-16-40)48-35-31-44(32-36-48)46-18-12-20-50(38-46)56-53-23-9-7-21-51(53)52-22-8-10-24-54(52)56/h2*1-38H. The van der Waals surface area contributed by atoms with Gasteiger partial charge in [-0.1, -0.05) is 334 Å². The first kappa shape index (κ1) is 67.7. The highest BCUT2D eigenvalue weighted by Crippen LogP contribution is 2.43. The van der Waals surface area contributed by atoms with E-state index < -0.39 is 0 Å². The average molecular weight is 1430 g/mol. The number of aromatic nitrogens is 2. The highest BCUT2D eigenvalue weighted by molar-refractivity contribution is 6.10. The molecule has 0 radical (unpaired) electrons. The van der Waals surface area contributed by atoms with Crippen LogP contribution in [0.25, 0.3) is 144 Å². The smallest absolute Gasteiger partial charge is 0.0541 e. The molecule has 0 saturated carbocycles.